The van der Waals surface area contributed by atoms with Crippen molar-refractivity contribution >= 4 is 0 Å². The molecule has 0 fully saturated rings. The highest BCUT2D eigenvalue weighted by Crippen LogP contribution is 2.36. The molecule has 2 unspecified atom stereocenters. The predicted octanol–water partition coefficient (Wildman–Crippen LogP) is 3.59. The number of aromatic nitrogens is 1. The van der Waals surface area contributed by atoms with Crippen LogP contribution in [0.2, 0.25) is 0 Å². The molecule has 1 aliphatic carbocycles. The zero-order valence-electron chi connectivity index (χ0n) is 14.0. The standard InChI is InChI=1S/C20H26N2O/c1-15(2)13-19(18-9-5-6-12-21-18)22-14-20(23)11-10-16-7-3-4-8-17(16)20/h3-9,12,15,19,22-23H,10-11,13-14H2,1-2H3. The van der Waals surface area contributed by atoms with Crippen LogP contribution in [0.15, 0.2) is 48.7 Å². The Labute approximate surface area is 138 Å². The van der Waals surface area contributed by atoms with Gasteiger partial charge in [-0.1, -0.05) is 44.2 Å². The van der Waals surface area contributed by atoms with Crippen LogP contribution in [0.3, 0.4) is 0 Å². The molecule has 23 heavy (non-hydrogen) atoms. The fourth-order valence-corrected chi connectivity index (χ4v) is 3.51. The molecule has 1 aliphatic rings. The summed E-state index contributed by atoms with van der Waals surface area (Å²) in [4.78, 5) is 4.50. The normalized spacial score (nSPS) is 21.4. The summed E-state index contributed by atoms with van der Waals surface area (Å²) in [5.41, 5.74) is 2.64. The van der Waals surface area contributed by atoms with E-state index in [1.165, 1.54) is 5.56 Å². The number of aliphatic hydroxyl groups is 1. The highest BCUT2D eigenvalue weighted by Gasteiger charge is 2.36. The molecule has 0 saturated heterocycles. The monoisotopic (exact) mass is 310 g/mol. The second kappa shape index (κ2) is 6.81. The number of nitrogens with one attached hydrogen (secondary N) is 1. The van der Waals surface area contributed by atoms with E-state index in [4.69, 9.17) is 0 Å². The van der Waals surface area contributed by atoms with E-state index in [0.29, 0.717) is 12.5 Å². The lowest BCUT2D eigenvalue weighted by atomic mass is 9.94. The number of pyridine rings is 1. The van der Waals surface area contributed by atoms with Gasteiger partial charge >= 0.3 is 0 Å². The van der Waals surface area contributed by atoms with E-state index in [1.54, 1.807) is 0 Å². The first-order chi connectivity index (χ1) is 11.1. The molecule has 0 amide bonds. The maximum absolute atomic E-state index is 11.1. The van der Waals surface area contributed by atoms with Gasteiger partial charge in [-0.15, -0.1) is 0 Å². The molecule has 3 rings (SSSR count). The molecule has 0 aliphatic heterocycles. The van der Waals surface area contributed by atoms with Crippen molar-refractivity contribution in [3.05, 3.63) is 65.5 Å². The summed E-state index contributed by atoms with van der Waals surface area (Å²) in [5.74, 6) is 0.569. The van der Waals surface area contributed by atoms with Crippen LogP contribution in [0.1, 0.15) is 49.6 Å². The molecule has 0 radical (unpaired) electrons. The van der Waals surface area contributed by atoms with E-state index in [1.807, 2.05) is 30.5 Å². The van der Waals surface area contributed by atoms with Crippen LogP contribution in [0.25, 0.3) is 0 Å². The fourth-order valence-electron chi connectivity index (χ4n) is 3.51. The van der Waals surface area contributed by atoms with Gasteiger partial charge in [-0.3, -0.25) is 4.98 Å². The molecule has 0 bridgehead atoms. The number of rotatable bonds is 6. The fraction of sp³-hybridized carbons (Fsp3) is 0.450. The molecule has 3 heteroatoms. The molecular weight excluding hydrogens is 284 g/mol. The van der Waals surface area contributed by atoms with Crippen LogP contribution in [0, 0.1) is 5.92 Å². The first-order valence-corrected chi connectivity index (χ1v) is 8.53. The molecule has 0 saturated carbocycles. The molecule has 2 aromatic rings. The molecule has 0 spiro atoms. The third kappa shape index (κ3) is 3.62. The zero-order chi connectivity index (χ0) is 16.3. The Morgan fingerprint density at radius 1 is 1.17 bits per heavy atom. The van der Waals surface area contributed by atoms with E-state index in [9.17, 15) is 5.11 Å². The second-order valence-electron chi connectivity index (χ2n) is 7.01. The third-order valence-corrected chi connectivity index (χ3v) is 4.72. The number of hydrogen-bond donors (Lipinski definition) is 2. The van der Waals surface area contributed by atoms with Crippen molar-refractivity contribution in [2.24, 2.45) is 5.92 Å². The molecular formula is C20H26N2O. The average Bonchev–Trinajstić information content (AvgIpc) is 2.90. The molecule has 122 valence electrons. The van der Waals surface area contributed by atoms with Gasteiger partial charge in [0.2, 0.25) is 0 Å². The van der Waals surface area contributed by atoms with Crippen LogP contribution in [0.5, 0.6) is 0 Å². The first kappa shape index (κ1) is 16.2. The van der Waals surface area contributed by atoms with Crippen LogP contribution in [-0.4, -0.2) is 16.6 Å². The van der Waals surface area contributed by atoms with E-state index in [-0.39, 0.29) is 6.04 Å². The molecule has 3 nitrogen and oxygen atoms in total. The van der Waals surface area contributed by atoms with E-state index >= 15 is 0 Å². The number of nitrogens with zero attached hydrogens (tertiary/aromatic N) is 1. The topological polar surface area (TPSA) is 45.1 Å². The highest BCUT2D eigenvalue weighted by atomic mass is 16.3. The van der Waals surface area contributed by atoms with Crippen LogP contribution < -0.4 is 5.32 Å². The van der Waals surface area contributed by atoms with Gasteiger partial charge in [-0.2, -0.15) is 0 Å². The van der Waals surface area contributed by atoms with Crippen LogP contribution in [-0.2, 0) is 12.0 Å². The Kier molecular flexibility index (Phi) is 4.79. The van der Waals surface area contributed by atoms with Crippen molar-refractivity contribution < 1.29 is 5.11 Å². The zero-order valence-corrected chi connectivity index (χ0v) is 14.0. The Bertz CT molecular complexity index is 641. The SMILES string of the molecule is CC(C)CC(NCC1(O)CCc2ccccc21)c1ccccn1. The van der Waals surface area contributed by atoms with Gasteiger partial charge in [0.1, 0.15) is 5.60 Å². The molecule has 1 heterocycles. The lowest BCUT2D eigenvalue weighted by Gasteiger charge is -2.28. The van der Waals surface area contributed by atoms with Crippen molar-refractivity contribution in [1.82, 2.24) is 10.3 Å². The number of fused-ring (bicyclic) bond motifs is 1. The van der Waals surface area contributed by atoms with E-state index in [0.717, 1.165) is 30.5 Å². The van der Waals surface area contributed by atoms with Crippen molar-refractivity contribution in [1.29, 1.82) is 0 Å². The minimum absolute atomic E-state index is 0.174. The van der Waals surface area contributed by atoms with Gasteiger partial charge in [-0.05, 0) is 48.4 Å². The maximum Gasteiger partial charge on any atom is 0.103 e. The minimum atomic E-state index is -0.763. The van der Waals surface area contributed by atoms with Crippen molar-refractivity contribution in [3.8, 4) is 0 Å². The quantitative estimate of drug-likeness (QED) is 0.857. The largest absolute Gasteiger partial charge is 0.384 e. The van der Waals surface area contributed by atoms with Crippen LogP contribution in [0.4, 0.5) is 0 Å². The van der Waals surface area contributed by atoms with Gasteiger partial charge in [0, 0.05) is 18.8 Å². The Morgan fingerprint density at radius 2 is 1.96 bits per heavy atom. The Balaban J connectivity index is 1.74. The van der Waals surface area contributed by atoms with Crippen molar-refractivity contribution in [3.63, 3.8) is 0 Å². The number of aryl methyl sites for hydroxylation is 1. The predicted molar refractivity (Wildman–Crippen MR) is 93.1 cm³/mol. The van der Waals surface area contributed by atoms with Gasteiger partial charge in [0.05, 0.1) is 5.69 Å². The van der Waals surface area contributed by atoms with Crippen molar-refractivity contribution in [2.75, 3.05) is 6.54 Å². The summed E-state index contributed by atoms with van der Waals surface area (Å²) >= 11 is 0. The Hall–Kier alpha value is -1.71. The van der Waals surface area contributed by atoms with Gasteiger partial charge < -0.3 is 10.4 Å². The summed E-state index contributed by atoms with van der Waals surface area (Å²) in [7, 11) is 0. The average molecular weight is 310 g/mol. The molecule has 2 N–H and O–H groups in total. The lowest BCUT2D eigenvalue weighted by Crippen LogP contribution is -2.38. The number of hydrogen-bond acceptors (Lipinski definition) is 3. The van der Waals surface area contributed by atoms with E-state index in [2.05, 4.69) is 42.3 Å². The van der Waals surface area contributed by atoms with Gasteiger partial charge in [-0.25, -0.2) is 0 Å². The first-order valence-electron chi connectivity index (χ1n) is 8.53. The summed E-state index contributed by atoms with van der Waals surface area (Å²) in [6, 6.07) is 14.4. The summed E-state index contributed by atoms with van der Waals surface area (Å²) in [5, 5.41) is 14.7. The highest BCUT2D eigenvalue weighted by molar-refractivity contribution is 5.37. The van der Waals surface area contributed by atoms with E-state index < -0.39 is 5.60 Å². The maximum atomic E-state index is 11.1. The smallest absolute Gasteiger partial charge is 0.103 e. The van der Waals surface area contributed by atoms with Gasteiger partial charge in [0.15, 0.2) is 0 Å². The second-order valence-corrected chi connectivity index (χ2v) is 7.01. The molecule has 1 aromatic heterocycles. The minimum Gasteiger partial charge on any atom is -0.384 e. The van der Waals surface area contributed by atoms with Crippen molar-refractivity contribution in [2.45, 2.75) is 44.8 Å². The summed E-state index contributed by atoms with van der Waals surface area (Å²) in [6.07, 6.45) is 4.58. The van der Waals surface area contributed by atoms with Crippen LogP contribution >= 0.6 is 0 Å². The summed E-state index contributed by atoms with van der Waals surface area (Å²) < 4.78 is 0. The molecule has 2 atom stereocenters. The Morgan fingerprint density at radius 3 is 2.70 bits per heavy atom. The molecule has 1 aromatic carbocycles. The lowest BCUT2D eigenvalue weighted by molar-refractivity contribution is 0.0349. The number of benzene rings is 1. The third-order valence-electron chi connectivity index (χ3n) is 4.72. The van der Waals surface area contributed by atoms with Gasteiger partial charge in [0.25, 0.3) is 0 Å². The summed E-state index contributed by atoms with van der Waals surface area (Å²) in [6.45, 7) is 5.01.